The third-order valence-electron chi connectivity index (χ3n) is 4.32. The Bertz CT molecular complexity index is 598. The summed E-state index contributed by atoms with van der Waals surface area (Å²) in [6, 6.07) is 16.2. The Morgan fingerprint density at radius 1 is 0.905 bits per heavy atom. The Balaban J connectivity index is 2.06. The van der Waals surface area contributed by atoms with Crippen LogP contribution >= 0.6 is 0 Å². The lowest BCUT2D eigenvalue weighted by Gasteiger charge is -2.24. The van der Waals surface area contributed by atoms with E-state index >= 15 is 0 Å². The van der Waals surface area contributed by atoms with Gasteiger partial charge in [-0.15, -0.1) is 0 Å². The highest BCUT2D eigenvalue weighted by Gasteiger charge is 2.21. The van der Waals surface area contributed by atoms with Gasteiger partial charge < -0.3 is 4.74 Å². The monoisotopic (exact) mass is 279 g/mol. The molecule has 2 aromatic rings. The maximum Gasteiger partial charge on any atom is 0.423 e. The number of rotatable bonds is 4. The van der Waals surface area contributed by atoms with Gasteiger partial charge in [0.2, 0.25) is 0 Å². The van der Waals surface area contributed by atoms with Crippen molar-refractivity contribution in [2.45, 2.75) is 38.0 Å². The molecular formula is C19H19O2. The highest BCUT2D eigenvalue weighted by molar-refractivity contribution is 5.74. The average molecular weight is 279 g/mol. The van der Waals surface area contributed by atoms with E-state index in [4.69, 9.17) is 4.74 Å². The second-order valence-corrected chi connectivity index (χ2v) is 5.61. The predicted octanol–water partition coefficient (Wildman–Crippen LogP) is 4.85. The summed E-state index contributed by atoms with van der Waals surface area (Å²) in [5.74, 6) is 1.18. The molecule has 1 aliphatic rings. The van der Waals surface area contributed by atoms with Crippen molar-refractivity contribution in [2.24, 2.45) is 0 Å². The molecule has 0 aliphatic heterocycles. The van der Waals surface area contributed by atoms with Crippen molar-refractivity contribution in [3.63, 3.8) is 0 Å². The first-order valence-corrected chi connectivity index (χ1v) is 7.62. The Morgan fingerprint density at radius 3 is 2.38 bits per heavy atom. The van der Waals surface area contributed by atoms with Crippen LogP contribution in [-0.2, 0) is 4.79 Å². The van der Waals surface area contributed by atoms with Gasteiger partial charge in [-0.05, 0) is 29.9 Å². The molecule has 2 nitrogen and oxygen atoms in total. The average Bonchev–Trinajstić information content (AvgIpc) is 2.57. The van der Waals surface area contributed by atoms with E-state index < -0.39 is 0 Å². The Hall–Kier alpha value is -2.09. The Kier molecular flexibility index (Phi) is 4.34. The minimum Gasteiger partial charge on any atom is -0.417 e. The molecule has 0 N–H and O–H groups in total. The summed E-state index contributed by atoms with van der Waals surface area (Å²) in [6.07, 6.45) is 6.17. The van der Waals surface area contributed by atoms with Gasteiger partial charge in [-0.1, -0.05) is 67.8 Å². The van der Waals surface area contributed by atoms with E-state index in [2.05, 4.69) is 12.1 Å². The lowest BCUT2D eigenvalue weighted by atomic mass is 9.82. The fraction of sp³-hybridized carbons (Fsp3) is 0.316. The summed E-state index contributed by atoms with van der Waals surface area (Å²) in [5, 5.41) is 0. The molecule has 107 valence electrons. The molecule has 0 aromatic heterocycles. The van der Waals surface area contributed by atoms with Crippen molar-refractivity contribution in [3.05, 3.63) is 54.1 Å². The molecule has 1 saturated carbocycles. The number of hydrogen-bond acceptors (Lipinski definition) is 2. The standard InChI is InChI=1S/C19H19O2/c20-14-21-19-17(15-8-3-1-4-9-15)12-7-13-18(19)16-10-5-2-6-11-16/h1,3-4,7-9,12-13,16H,2,5-6,10-11H2. The van der Waals surface area contributed by atoms with Crippen LogP contribution in [0.4, 0.5) is 0 Å². The molecule has 1 fully saturated rings. The lowest BCUT2D eigenvalue weighted by Crippen LogP contribution is -2.07. The second-order valence-electron chi connectivity index (χ2n) is 5.61. The highest BCUT2D eigenvalue weighted by atomic mass is 16.5. The van der Waals surface area contributed by atoms with E-state index in [-0.39, 0.29) is 0 Å². The van der Waals surface area contributed by atoms with E-state index in [0.717, 1.165) is 16.7 Å². The molecule has 0 bridgehead atoms. The van der Waals surface area contributed by atoms with E-state index in [0.29, 0.717) is 11.7 Å². The molecule has 2 aromatic carbocycles. The van der Waals surface area contributed by atoms with Crippen LogP contribution in [-0.4, -0.2) is 6.47 Å². The van der Waals surface area contributed by atoms with Crippen LogP contribution in [0.15, 0.2) is 48.5 Å². The first-order chi connectivity index (χ1) is 10.4. The van der Waals surface area contributed by atoms with Gasteiger partial charge in [-0.3, -0.25) is 0 Å². The topological polar surface area (TPSA) is 26.3 Å². The summed E-state index contributed by atoms with van der Waals surface area (Å²) < 4.78 is 5.27. The van der Waals surface area contributed by atoms with Crippen molar-refractivity contribution < 1.29 is 9.53 Å². The van der Waals surface area contributed by atoms with Crippen LogP contribution in [0.1, 0.15) is 43.6 Å². The zero-order valence-corrected chi connectivity index (χ0v) is 12.0. The number of para-hydroxylation sites is 1. The first kappa shape index (κ1) is 13.9. The molecule has 0 atom stereocenters. The van der Waals surface area contributed by atoms with Gasteiger partial charge in [-0.25, -0.2) is 4.79 Å². The van der Waals surface area contributed by atoms with Crippen LogP contribution in [0.3, 0.4) is 0 Å². The van der Waals surface area contributed by atoms with Gasteiger partial charge in [0.25, 0.3) is 0 Å². The molecule has 0 unspecified atom stereocenters. The SMILES string of the molecule is O=[C]Oc1c(-c2ccccc2)cccc1C1CCCCC1. The molecule has 1 radical (unpaired) electrons. The highest BCUT2D eigenvalue weighted by Crippen LogP contribution is 2.42. The largest absolute Gasteiger partial charge is 0.423 e. The molecule has 0 spiro atoms. The van der Waals surface area contributed by atoms with Gasteiger partial charge in [0.15, 0.2) is 0 Å². The summed E-state index contributed by atoms with van der Waals surface area (Å²) >= 11 is 0. The van der Waals surface area contributed by atoms with Crippen LogP contribution in [0.25, 0.3) is 11.1 Å². The van der Waals surface area contributed by atoms with Crippen LogP contribution in [0, 0.1) is 0 Å². The number of hydrogen-bond donors (Lipinski definition) is 0. The van der Waals surface area contributed by atoms with Crippen LogP contribution in [0.5, 0.6) is 5.75 Å². The third kappa shape index (κ3) is 2.99. The fourth-order valence-electron chi connectivity index (χ4n) is 3.29. The molecular weight excluding hydrogens is 260 g/mol. The predicted molar refractivity (Wildman–Crippen MR) is 84.0 cm³/mol. The molecule has 1 aliphatic carbocycles. The normalized spacial score (nSPS) is 15.6. The van der Waals surface area contributed by atoms with Crippen molar-refractivity contribution >= 4 is 6.47 Å². The zero-order chi connectivity index (χ0) is 14.5. The van der Waals surface area contributed by atoms with Gasteiger partial charge >= 0.3 is 6.47 Å². The summed E-state index contributed by atoms with van der Waals surface area (Å²) in [5.41, 5.74) is 3.20. The molecule has 2 heteroatoms. The molecule has 3 rings (SSSR count). The Morgan fingerprint density at radius 2 is 1.67 bits per heavy atom. The van der Waals surface area contributed by atoms with Crippen molar-refractivity contribution in [3.8, 4) is 16.9 Å². The van der Waals surface area contributed by atoms with Crippen LogP contribution in [0.2, 0.25) is 0 Å². The van der Waals surface area contributed by atoms with Crippen molar-refractivity contribution in [1.29, 1.82) is 0 Å². The summed E-state index contributed by atoms with van der Waals surface area (Å²) in [6.45, 7) is 1.62. The molecule has 0 heterocycles. The van der Waals surface area contributed by atoms with Crippen LogP contribution < -0.4 is 4.74 Å². The van der Waals surface area contributed by atoms with E-state index in [9.17, 15) is 4.79 Å². The quantitative estimate of drug-likeness (QED) is 0.800. The minimum atomic E-state index is 0.491. The van der Waals surface area contributed by atoms with Crippen molar-refractivity contribution in [1.82, 2.24) is 0 Å². The maximum absolute atomic E-state index is 10.8. The summed E-state index contributed by atoms with van der Waals surface area (Å²) in [4.78, 5) is 10.8. The fourth-order valence-corrected chi connectivity index (χ4v) is 3.29. The second kappa shape index (κ2) is 6.57. The lowest BCUT2D eigenvalue weighted by molar-refractivity contribution is 0.414. The maximum atomic E-state index is 10.8. The molecule has 0 saturated heterocycles. The first-order valence-electron chi connectivity index (χ1n) is 7.62. The van der Waals surface area contributed by atoms with E-state index in [1.54, 1.807) is 6.47 Å². The molecule has 21 heavy (non-hydrogen) atoms. The number of ether oxygens (including phenoxy) is 1. The van der Waals surface area contributed by atoms with Gasteiger partial charge in [0.1, 0.15) is 5.75 Å². The zero-order valence-electron chi connectivity index (χ0n) is 12.0. The van der Waals surface area contributed by atoms with E-state index in [1.165, 1.54) is 32.1 Å². The van der Waals surface area contributed by atoms with E-state index in [1.807, 2.05) is 36.4 Å². The Labute approximate surface area is 125 Å². The number of carbonyl (C=O) groups excluding carboxylic acids is 1. The smallest absolute Gasteiger partial charge is 0.417 e. The third-order valence-corrected chi connectivity index (χ3v) is 4.32. The molecule has 0 amide bonds. The van der Waals surface area contributed by atoms with Crippen molar-refractivity contribution in [2.75, 3.05) is 0 Å². The minimum absolute atomic E-state index is 0.491. The van der Waals surface area contributed by atoms with Gasteiger partial charge in [0, 0.05) is 5.56 Å². The van der Waals surface area contributed by atoms with Gasteiger partial charge in [-0.2, -0.15) is 0 Å². The number of benzene rings is 2. The van der Waals surface area contributed by atoms with Gasteiger partial charge in [0.05, 0.1) is 0 Å². The summed E-state index contributed by atoms with van der Waals surface area (Å²) in [7, 11) is 0.